The zero-order valence-electron chi connectivity index (χ0n) is 20.1. The molecule has 2 unspecified atom stereocenters. The number of ether oxygens (including phenoxy) is 2. The smallest absolute Gasteiger partial charge is 0.311 e. The van der Waals surface area contributed by atoms with Crippen LogP contribution in [0.1, 0.15) is 86.5 Å². The van der Waals surface area contributed by atoms with Crippen molar-refractivity contribution in [1.29, 1.82) is 0 Å². The zero-order valence-corrected chi connectivity index (χ0v) is 20.9. The van der Waals surface area contributed by atoms with Crippen molar-refractivity contribution in [3.8, 4) is 0 Å². The van der Waals surface area contributed by atoms with Crippen molar-refractivity contribution in [3.63, 3.8) is 0 Å². The van der Waals surface area contributed by atoms with Gasteiger partial charge in [0.05, 0.1) is 10.8 Å². The lowest BCUT2D eigenvalue weighted by molar-refractivity contribution is -0.191. The van der Waals surface area contributed by atoms with Crippen molar-refractivity contribution >= 4 is 23.5 Å². The fourth-order valence-electron chi connectivity index (χ4n) is 7.99. The number of carbonyl (C=O) groups excluding carboxylic acids is 2. The minimum Gasteiger partial charge on any atom is -0.463 e. The Hall–Kier alpha value is -0.810. The van der Waals surface area contributed by atoms with E-state index in [1.807, 2.05) is 6.92 Å². The van der Waals surface area contributed by atoms with Gasteiger partial charge in [0.25, 0.3) is 0 Å². The second-order valence-corrected chi connectivity index (χ2v) is 12.7. The maximum absolute atomic E-state index is 13.4. The molecule has 0 aromatic heterocycles. The Labute approximate surface area is 192 Å². The second-order valence-electron chi connectivity index (χ2n) is 11.8. The molecule has 0 heterocycles. The van der Waals surface area contributed by atoms with Crippen molar-refractivity contribution < 1.29 is 24.2 Å². The summed E-state index contributed by atoms with van der Waals surface area (Å²) < 4.78 is 10.4. The Balaban J connectivity index is 1.82. The minimum absolute atomic E-state index is 0.180. The average molecular weight is 457 g/mol. The van der Waals surface area contributed by atoms with Crippen molar-refractivity contribution in [1.82, 2.24) is 0 Å². The highest BCUT2D eigenvalue weighted by Gasteiger charge is 2.65. The summed E-state index contributed by atoms with van der Waals surface area (Å²) in [5.74, 6) is -0.142. The summed E-state index contributed by atoms with van der Waals surface area (Å²) in [6, 6.07) is 0. The summed E-state index contributed by atoms with van der Waals surface area (Å²) in [5, 5.41) is 10.0. The van der Waals surface area contributed by atoms with Crippen LogP contribution in [0.15, 0.2) is 0 Å². The third kappa shape index (κ3) is 4.51. The summed E-state index contributed by atoms with van der Waals surface area (Å²) in [6.45, 7) is 12.4. The molecule has 0 aromatic rings. The normalized spacial score (nSPS) is 42.6. The first kappa shape index (κ1) is 24.8. The van der Waals surface area contributed by atoms with Crippen LogP contribution in [0.4, 0.5) is 0 Å². The lowest BCUT2D eigenvalue weighted by Crippen LogP contribution is -2.63. The maximum atomic E-state index is 13.4. The van der Waals surface area contributed by atoms with Gasteiger partial charge in [-0.2, -0.15) is 0 Å². The van der Waals surface area contributed by atoms with E-state index in [0.717, 1.165) is 25.7 Å². The van der Waals surface area contributed by atoms with Gasteiger partial charge in [-0.3, -0.25) is 9.59 Å². The fourth-order valence-corrected chi connectivity index (χ4v) is 8.44. The number of aliphatic hydroxyl groups is 1. The SMILES string of the molecule is CC(=O)OC[C@H](O)COC(=O)C1[C@@]2(C)CC[C@@H]3C(C)(C)CCC[C@@]3(C)C2CC[C@]1(C)Cl. The van der Waals surface area contributed by atoms with Crippen LogP contribution < -0.4 is 0 Å². The molecule has 7 atom stereocenters. The molecule has 0 saturated heterocycles. The lowest BCUT2D eigenvalue weighted by Gasteiger charge is -2.66. The van der Waals surface area contributed by atoms with E-state index in [1.54, 1.807) is 0 Å². The van der Waals surface area contributed by atoms with Crippen LogP contribution in [0.3, 0.4) is 0 Å². The highest BCUT2D eigenvalue weighted by molar-refractivity contribution is 6.25. The molecule has 0 spiro atoms. The number of hydrogen-bond acceptors (Lipinski definition) is 5. The molecule has 3 fully saturated rings. The van der Waals surface area contributed by atoms with Gasteiger partial charge in [-0.15, -0.1) is 11.6 Å². The number of fused-ring (bicyclic) bond motifs is 3. The second kappa shape index (κ2) is 8.52. The largest absolute Gasteiger partial charge is 0.463 e. The van der Waals surface area contributed by atoms with Crippen LogP contribution in [0.2, 0.25) is 0 Å². The monoisotopic (exact) mass is 456 g/mol. The third-order valence-electron chi connectivity index (χ3n) is 9.16. The molecule has 6 heteroatoms. The van der Waals surface area contributed by atoms with Gasteiger partial charge in [0, 0.05) is 6.92 Å². The molecule has 0 radical (unpaired) electrons. The predicted molar refractivity (Wildman–Crippen MR) is 121 cm³/mol. The molecule has 3 rings (SSSR count). The Kier molecular flexibility index (Phi) is 6.82. The Morgan fingerprint density at radius 3 is 2.19 bits per heavy atom. The van der Waals surface area contributed by atoms with Gasteiger partial charge in [-0.25, -0.2) is 0 Å². The van der Waals surface area contributed by atoms with E-state index in [9.17, 15) is 14.7 Å². The van der Waals surface area contributed by atoms with Crippen LogP contribution in [-0.2, 0) is 19.1 Å². The highest BCUT2D eigenvalue weighted by atomic mass is 35.5. The number of aliphatic hydroxyl groups excluding tert-OH is 1. The molecule has 0 bridgehead atoms. The van der Waals surface area contributed by atoms with Crippen LogP contribution in [-0.4, -0.2) is 41.2 Å². The standard InChI is InChI=1S/C25H41ClO5/c1-16(27)30-14-17(28)15-31-21(29)20-24(5)12-8-18-22(2,3)10-7-11-23(18,4)19(24)9-13-25(20,6)26/h17-20,28H,7-15H2,1-6H3/t17-,18+,19?,20?,23+,24-,25-/m0/s1. The third-order valence-corrected chi connectivity index (χ3v) is 9.56. The number of esters is 2. The Bertz CT molecular complexity index is 704. The minimum atomic E-state index is -1.03. The van der Waals surface area contributed by atoms with Crippen molar-refractivity contribution in [2.75, 3.05) is 13.2 Å². The van der Waals surface area contributed by atoms with Gasteiger partial charge in [0.1, 0.15) is 19.3 Å². The molecule has 0 aliphatic heterocycles. The maximum Gasteiger partial charge on any atom is 0.311 e. The topological polar surface area (TPSA) is 72.8 Å². The van der Waals surface area contributed by atoms with Crippen LogP contribution in [0.5, 0.6) is 0 Å². The van der Waals surface area contributed by atoms with Crippen molar-refractivity contribution in [2.45, 2.75) is 97.5 Å². The lowest BCUT2D eigenvalue weighted by atomic mass is 9.38. The first-order valence-electron chi connectivity index (χ1n) is 11.9. The van der Waals surface area contributed by atoms with Crippen LogP contribution in [0, 0.1) is 34.0 Å². The first-order chi connectivity index (χ1) is 14.2. The van der Waals surface area contributed by atoms with Gasteiger partial charge in [-0.05, 0) is 73.5 Å². The van der Waals surface area contributed by atoms with E-state index in [1.165, 1.54) is 26.2 Å². The van der Waals surface area contributed by atoms with Gasteiger partial charge in [0.2, 0.25) is 0 Å². The molecule has 0 aromatic carbocycles. The molecule has 5 nitrogen and oxygen atoms in total. The number of alkyl halides is 1. The van der Waals surface area contributed by atoms with Gasteiger partial charge < -0.3 is 14.6 Å². The summed E-state index contributed by atoms with van der Waals surface area (Å²) in [4.78, 5) is 23.7. The molecule has 1 N–H and O–H groups in total. The molecule has 3 aliphatic rings. The van der Waals surface area contributed by atoms with Gasteiger partial charge in [0.15, 0.2) is 0 Å². The van der Waals surface area contributed by atoms with Crippen molar-refractivity contribution in [3.05, 3.63) is 0 Å². The van der Waals surface area contributed by atoms with E-state index >= 15 is 0 Å². The number of halogens is 1. The quantitative estimate of drug-likeness (QED) is 0.459. The molecular weight excluding hydrogens is 416 g/mol. The molecule has 31 heavy (non-hydrogen) atoms. The van der Waals surface area contributed by atoms with Gasteiger partial charge >= 0.3 is 11.9 Å². The Morgan fingerprint density at radius 2 is 1.55 bits per heavy atom. The summed E-state index contributed by atoms with van der Waals surface area (Å²) >= 11 is 7.00. The van der Waals surface area contributed by atoms with E-state index in [-0.39, 0.29) is 30.0 Å². The van der Waals surface area contributed by atoms with Gasteiger partial charge in [-0.1, -0.05) is 34.1 Å². The van der Waals surface area contributed by atoms with Crippen LogP contribution in [0.25, 0.3) is 0 Å². The number of rotatable bonds is 5. The molecule has 3 aliphatic carbocycles. The molecule has 178 valence electrons. The number of hydrogen-bond donors (Lipinski definition) is 1. The predicted octanol–water partition coefficient (Wildman–Crippen LogP) is 5.11. The Morgan fingerprint density at radius 1 is 0.935 bits per heavy atom. The van der Waals surface area contributed by atoms with E-state index < -0.39 is 22.9 Å². The highest BCUT2D eigenvalue weighted by Crippen LogP contribution is 2.70. The van der Waals surface area contributed by atoms with E-state index in [0.29, 0.717) is 17.3 Å². The summed E-state index contributed by atoms with van der Waals surface area (Å²) in [7, 11) is 0. The van der Waals surface area contributed by atoms with E-state index in [2.05, 4.69) is 27.7 Å². The molecule has 0 amide bonds. The fraction of sp³-hybridized carbons (Fsp3) is 0.920. The average Bonchev–Trinajstić information content (AvgIpc) is 2.62. The van der Waals surface area contributed by atoms with E-state index in [4.69, 9.17) is 21.1 Å². The molecule has 3 saturated carbocycles. The van der Waals surface area contributed by atoms with Crippen molar-refractivity contribution in [2.24, 2.45) is 34.0 Å². The van der Waals surface area contributed by atoms with Crippen LogP contribution >= 0.6 is 11.6 Å². The number of carbonyl (C=O) groups is 2. The molecular formula is C25H41ClO5. The summed E-state index contributed by atoms with van der Waals surface area (Å²) in [5.41, 5.74) is 0.299. The zero-order chi connectivity index (χ0) is 23.2. The first-order valence-corrected chi connectivity index (χ1v) is 12.3. The summed E-state index contributed by atoms with van der Waals surface area (Å²) in [6.07, 6.45) is 6.60.